The highest BCUT2D eigenvalue weighted by molar-refractivity contribution is 6.23. The van der Waals surface area contributed by atoms with Gasteiger partial charge in [0.15, 0.2) is 17.5 Å². The first-order valence-electron chi connectivity index (χ1n) is 16.3. The predicted molar refractivity (Wildman–Crippen MR) is 199 cm³/mol. The lowest BCUT2D eigenvalue weighted by atomic mass is 9.93. The molecule has 0 atom stereocenters. The van der Waals surface area contributed by atoms with Crippen LogP contribution in [-0.4, -0.2) is 19.9 Å². The van der Waals surface area contributed by atoms with Gasteiger partial charge in [0, 0.05) is 33.0 Å². The summed E-state index contributed by atoms with van der Waals surface area (Å²) in [6.07, 6.45) is 0. The van der Waals surface area contributed by atoms with Gasteiger partial charge in [-0.3, -0.25) is 0 Å². The van der Waals surface area contributed by atoms with E-state index in [-0.39, 0.29) is 0 Å². The molecule has 0 amide bonds. The van der Waals surface area contributed by atoms with Crippen LogP contribution < -0.4 is 0 Å². The van der Waals surface area contributed by atoms with E-state index in [1.807, 2.05) is 78.9 Å². The molecule has 0 radical (unpaired) electrons. The molecule has 0 unspecified atom stereocenters. The summed E-state index contributed by atoms with van der Waals surface area (Å²) in [6.45, 7) is 0. The Morgan fingerprint density at radius 2 is 0.959 bits per heavy atom. The Bertz CT molecular complexity index is 2820. The van der Waals surface area contributed by atoms with Gasteiger partial charge >= 0.3 is 0 Å². The molecule has 0 N–H and O–H groups in total. The number of hydrogen-bond donors (Lipinski definition) is 0. The van der Waals surface area contributed by atoms with Crippen molar-refractivity contribution < 1.29 is 4.42 Å². The number of aromatic nitrogens is 4. The zero-order chi connectivity index (χ0) is 32.3. The van der Waals surface area contributed by atoms with Gasteiger partial charge in [-0.2, -0.15) is 0 Å². The highest BCUT2D eigenvalue weighted by atomic mass is 16.3. The van der Waals surface area contributed by atoms with Gasteiger partial charge < -0.3 is 4.42 Å². The summed E-state index contributed by atoms with van der Waals surface area (Å²) < 4.78 is 6.71. The highest BCUT2D eigenvalue weighted by Crippen LogP contribution is 2.43. The first kappa shape index (κ1) is 27.4. The van der Waals surface area contributed by atoms with E-state index < -0.39 is 0 Å². The van der Waals surface area contributed by atoms with E-state index >= 15 is 0 Å². The largest absolute Gasteiger partial charge is 0.455 e. The summed E-state index contributed by atoms with van der Waals surface area (Å²) in [6, 6.07) is 53.9. The van der Waals surface area contributed by atoms with E-state index in [1.54, 1.807) is 0 Å². The maximum absolute atomic E-state index is 6.71. The van der Waals surface area contributed by atoms with Gasteiger partial charge in [-0.15, -0.1) is 0 Å². The van der Waals surface area contributed by atoms with Crippen molar-refractivity contribution in [2.24, 2.45) is 0 Å². The van der Waals surface area contributed by atoms with Gasteiger partial charge in [0.2, 0.25) is 0 Å². The van der Waals surface area contributed by atoms with Gasteiger partial charge in [-0.25, -0.2) is 19.9 Å². The molecule has 0 bridgehead atoms. The van der Waals surface area contributed by atoms with Gasteiger partial charge in [-0.05, 0) is 51.9 Å². The van der Waals surface area contributed by atoms with Crippen LogP contribution >= 0.6 is 0 Å². The summed E-state index contributed by atoms with van der Waals surface area (Å²) in [5.74, 6) is 1.83. The average Bonchev–Trinajstić information content (AvgIpc) is 3.58. The Morgan fingerprint density at radius 1 is 0.388 bits per heavy atom. The molecule has 7 aromatic carbocycles. The monoisotopic (exact) mass is 626 g/mol. The number of para-hydroxylation sites is 1. The number of nitrogens with zero attached hydrogens (tertiary/aromatic N) is 4. The third-order valence-corrected chi connectivity index (χ3v) is 9.29. The third-order valence-electron chi connectivity index (χ3n) is 9.29. The van der Waals surface area contributed by atoms with Crippen molar-refractivity contribution in [2.75, 3.05) is 0 Å². The van der Waals surface area contributed by atoms with Gasteiger partial charge in [0.05, 0.1) is 16.6 Å². The van der Waals surface area contributed by atoms with Gasteiger partial charge in [0.1, 0.15) is 11.2 Å². The molecule has 0 aliphatic rings. The Balaban J connectivity index is 1.25. The Kier molecular flexibility index (Phi) is 6.11. The second-order valence-corrected chi connectivity index (χ2v) is 12.2. The lowest BCUT2D eigenvalue weighted by Crippen LogP contribution is -2.00. The lowest BCUT2D eigenvalue weighted by Gasteiger charge is -2.13. The first-order valence-corrected chi connectivity index (χ1v) is 16.3. The fraction of sp³-hybridized carbons (Fsp3) is 0. The first-order chi connectivity index (χ1) is 24.3. The van der Waals surface area contributed by atoms with Crippen molar-refractivity contribution in [3.8, 4) is 45.4 Å². The van der Waals surface area contributed by atoms with Crippen LogP contribution in [0.1, 0.15) is 0 Å². The third kappa shape index (κ3) is 4.48. The number of furan rings is 1. The smallest absolute Gasteiger partial charge is 0.164 e. The van der Waals surface area contributed by atoms with Crippen molar-refractivity contribution in [2.45, 2.75) is 0 Å². The molecule has 3 heterocycles. The number of benzene rings is 7. The Hall–Kier alpha value is -6.72. The molecule has 49 heavy (non-hydrogen) atoms. The van der Waals surface area contributed by atoms with E-state index in [0.29, 0.717) is 17.5 Å². The molecular formula is C44H26N4O. The molecule has 10 rings (SSSR count). The van der Waals surface area contributed by atoms with Crippen LogP contribution in [0.4, 0.5) is 0 Å². The topological polar surface area (TPSA) is 64.7 Å². The molecule has 0 spiro atoms. The maximum Gasteiger partial charge on any atom is 0.164 e. The number of hydrogen-bond acceptors (Lipinski definition) is 5. The fourth-order valence-electron chi connectivity index (χ4n) is 6.98. The quantitative estimate of drug-likeness (QED) is 0.182. The van der Waals surface area contributed by atoms with E-state index in [0.717, 1.165) is 66.2 Å². The molecule has 10 aromatic rings. The van der Waals surface area contributed by atoms with Crippen LogP contribution in [0.5, 0.6) is 0 Å². The predicted octanol–water partition coefficient (Wildman–Crippen LogP) is 11.3. The van der Waals surface area contributed by atoms with E-state index in [9.17, 15) is 0 Å². The molecule has 3 aromatic heterocycles. The average molecular weight is 627 g/mol. The summed E-state index contributed by atoms with van der Waals surface area (Å²) in [7, 11) is 0. The van der Waals surface area contributed by atoms with Crippen LogP contribution in [0, 0.1) is 0 Å². The molecule has 0 aliphatic heterocycles. The lowest BCUT2D eigenvalue weighted by molar-refractivity contribution is 0.672. The number of rotatable bonds is 4. The summed E-state index contributed by atoms with van der Waals surface area (Å²) >= 11 is 0. The molecular weight excluding hydrogens is 601 g/mol. The molecule has 5 nitrogen and oxygen atoms in total. The Labute approximate surface area is 281 Å². The minimum atomic E-state index is 0.587. The fourth-order valence-corrected chi connectivity index (χ4v) is 6.98. The summed E-state index contributed by atoms with van der Waals surface area (Å²) in [4.78, 5) is 20.3. The second-order valence-electron chi connectivity index (χ2n) is 12.2. The number of fused-ring (bicyclic) bond motifs is 8. The summed E-state index contributed by atoms with van der Waals surface area (Å²) in [5, 5.41) is 7.68. The van der Waals surface area contributed by atoms with Crippen LogP contribution in [-0.2, 0) is 0 Å². The van der Waals surface area contributed by atoms with Crippen molar-refractivity contribution in [3.63, 3.8) is 0 Å². The number of pyridine rings is 1. The van der Waals surface area contributed by atoms with Gasteiger partial charge in [-0.1, -0.05) is 127 Å². The van der Waals surface area contributed by atoms with E-state index in [2.05, 4.69) is 78.9 Å². The maximum atomic E-state index is 6.71. The van der Waals surface area contributed by atoms with E-state index in [4.69, 9.17) is 24.4 Å². The second kappa shape index (κ2) is 10.9. The summed E-state index contributed by atoms with van der Waals surface area (Å²) in [5.41, 5.74) is 7.15. The molecule has 0 saturated carbocycles. The normalized spacial score (nSPS) is 11.7. The van der Waals surface area contributed by atoms with Gasteiger partial charge in [0.25, 0.3) is 0 Å². The van der Waals surface area contributed by atoms with Crippen LogP contribution in [0.15, 0.2) is 162 Å². The van der Waals surface area contributed by atoms with Crippen LogP contribution in [0.25, 0.3) is 99.8 Å². The molecule has 5 heteroatoms. The van der Waals surface area contributed by atoms with E-state index in [1.165, 1.54) is 16.2 Å². The standard InChI is InChI=1S/C44H26N4O/c1-3-13-27(14-4-1)42-46-43(28-15-5-2-6-16-28)48-44(47-42)30-23-24-37-36(26-30)41-39(34-21-11-12-22-38(34)49-41)40(45-37)35-25-29-17-7-8-18-31(29)32-19-9-10-20-33(32)35/h1-26H. The molecule has 0 fully saturated rings. The molecule has 228 valence electrons. The highest BCUT2D eigenvalue weighted by Gasteiger charge is 2.21. The zero-order valence-electron chi connectivity index (χ0n) is 26.2. The minimum Gasteiger partial charge on any atom is -0.455 e. The van der Waals surface area contributed by atoms with Crippen molar-refractivity contribution in [1.29, 1.82) is 0 Å². The molecule has 0 aliphatic carbocycles. The Morgan fingerprint density at radius 3 is 1.67 bits per heavy atom. The van der Waals surface area contributed by atoms with Crippen molar-refractivity contribution >= 4 is 54.4 Å². The minimum absolute atomic E-state index is 0.587. The van der Waals surface area contributed by atoms with Crippen LogP contribution in [0.2, 0.25) is 0 Å². The van der Waals surface area contributed by atoms with Crippen molar-refractivity contribution in [3.05, 3.63) is 158 Å². The zero-order valence-corrected chi connectivity index (χ0v) is 26.2. The SMILES string of the molecule is c1ccc(-c2nc(-c3ccccc3)nc(-c3ccc4nc(-c5cc6ccccc6c6ccccc56)c5c6ccccc6oc5c4c3)n2)cc1. The van der Waals surface area contributed by atoms with Crippen LogP contribution in [0.3, 0.4) is 0 Å². The van der Waals surface area contributed by atoms with Crippen molar-refractivity contribution in [1.82, 2.24) is 19.9 Å². The molecule has 0 saturated heterocycles.